The van der Waals surface area contributed by atoms with Gasteiger partial charge in [-0.1, -0.05) is 41.9 Å². The van der Waals surface area contributed by atoms with Crippen molar-refractivity contribution < 1.29 is 9.90 Å². The highest BCUT2D eigenvalue weighted by Gasteiger charge is 2.17. The Labute approximate surface area is 145 Å². The number of hydrogen-bond donors (Lipinski definition) is 1. The van der Waals surface area contributed by atoms with Crippen LogP contribution in [0.3, 0.4) is 0 Å². The van der Waals surface area contributed by atoms with Gasteiger partial charge in [0.05, 0.1) is 5.52 Å². The van der Waals surface area contributed by atoms with E-state index in [2.05, 4.69) is 10.1 Å². The molecule has 2 aromatic carbocycles. The number of halogens is 1. The van der Waals surface area contributed by atoms with Crippen molar-refractivity contribution in [1.29, 1.82) is 0 Å². The van der Waals surface area contributed by atoms with Gasteiger partial charge in [-0.05, 0) is 18.2 Å². The molecule has 4 rings (SSSR count). The highest BCUT2D eigenvalue weighted by atomic mass is 35.5. The Morgan fingerprint density at radius 2 is 1.96 bits per heavy atom. The van der Waals surface area contributed by atoms with Crippen molar-refractivity contribution in [3.8, 4) is 16.4 Å². The molecule has 4 aromatic rings. The Bertz CT molecular complexity index is 1060. The van der Waals surface area contributed by atoms with Crippen LogP contribution in [0.1, 0.15) is 10.5 Å². The number of fused-ring (bicyclic) bond motifs is 1. The average Bonchev–Trinajstić information content (AvgIpc) is 3.20. The highest BCUT2D eigenvalue weighted by molar-refractivity contribution is 7.12. The van der Waals surface area contributed by atoms with Gasteiger partial charge in [-0.15, -0.1) is 11.3 Å². The van der Waals surface area contributed by atoms with E-state index >= 15 is 0 Å². The fourth-order valence-electron chi connectivity index (χ4n) is 2.50. The minimum absolute atomic E-state index is 0.00180. The zero-order valence-corrected chi connectivity index (χ0v) is 13.8. The lowest BCUT2D eigenvalue weighted by molar-refractivity contribution is 0.0691. The molecule has 0 saturated carbocycles. The van der Waals surface area contributed by atoms with Crippen LogP contribution in [0.25, 0.3) is 27.3 Å². The zero-order chi connectivity index (χ0) is 16.7. The van der Waals surface area contributed by atoms with Gasteiger partial charge in [0.15, 0.2) is 5.69 Å². The first kappa shape index (κ1) is 14.9. The fourth-order valence-corrected chi connectivity index (χ4v) is 3.43. The summed E-state index contributed by atoms with van der Waals surface area (Å²) >= 11 is 7.36. The van der Waals surface area contributed by atoms with Gasteiger partial charge >= 0.3 is 5.97 Å². The molecule has 5 nitrogen and oxygen atoms in total. The van der Waals surface area contributed by atoms with Gasteiger partial charge in [-0.3, -0.25) is 0 Å². The predicted octanol–water partition coefficient (Wildman–Crippen LogP) is 4.50. The Hall–Kier alpha value is -2.70. The van der Waals surface area contributed by atoms with E-state index in [9.17, 15) is 4.79 Å². The summed E-state index contributed by atoms with van der Waals surface area (Å²) < 4.78 is 1.64. The number of hydrogen-bond acceptors (Lipinski definition) is 4. The summed E-state index contributed by atoms with van der Waals surface area (Å²) in [5, 5.41) is 17.2. The molecular formula is C17H10ClN3O2S. The third-order valence-corrected chi connectivity index (χ3v) is 4.63. The monoisotopic (exact) mass is 355 g/mol. The number of aromatic nitrogens is 3. The molecule has 0 aliphatic rings. The van der Waals surface area contributed by atoms with Crippen molar-refractivity contribution in [3.63, 3.8) is 0 Å². The highest BCUT2D eigenvalue weighted by Crippen LogP contribution is 2.32. The summed E-state index contributed by atoms with van der Waals surface area (Å²) in [5.74, 6) is -1.06. The predicted molar refractivity (Wildman–Crippen MR) is 94.1 cm³/mol. The van der Waals surface area contributed by atoms with Gasteiger partial charge in [0, 0.05) is 21.4 Å². The number of carboxylic acids is 1. The second-order valence-electron chi connectivity index (χ2n) is 5.11. The van der Waals surface area contributed by atoms with Gasteiger partial charge in [0.25, 0.3) is 0 Å². The molecular weight excluding hydrogens is 346 g/mol. The Kier molecular flexibility index (Phi) is 3.55. The van der Waals surface area contributed by atoms with Crippen molar-refractivity contribution in [3.05, 3.63) is 64.6 Å². The first-order chi connectivity index (χ1) is 11.6. The Morgan fingerprint density at radius 3 is 2.67 bits per heavy atom. The topological polar surface area (TPSA) is 68.0 Å². The zero-order valence-electron chi connectivity index (χ0n) is 12.2. The molecule has 2 heterocycles. The molecule has 0 aliphatic heterocycles. The molecule has 2 aromatic heterocycles. The van der Waals surface area contributed by atoms with Crippen LogP contribution >= 0.6 is 22.9 Å². The van der Waals surface area contributed by atoms with E-state index in [1.165, 1.54) is 16.7 Å². The van der Waals surface area contributed by atoms with E-state index in [0.717, 1.165) is 22.2 Å². The molecule has 7 heteroatoms. The van der Waals surface area contributed by atoms with Crippen LogP contribution in [0.4, 0.5) is 0 Å². The normalized spacial score (nSPS) is 11.0. The van der Waals surface area contributed by atoms with Crippen LogP contribution in [0.5, 0.6) is 0 Å². The number of rotatable bonds is 3. The maximum Gasteiger partial charge on any atom is 0.355 e. The second kappa shape index (κ2) is 5.74. The lowest BCUT2D eigenvalue weighted by Gasteiger charge is -1.98. The SMILES string of the molecule is O=C(O)c1csc(-n2nc(-c3ccccc3)c3ccc(Cl)cc32)n1. The van der Waals surface area contributed by atoms with E-state index in [0.29, 0.717) is 10.2 Å². The van der Waals surface area contributed by atoms with E-state index in [-0.39, 0.29) is 5.69 Å². The van der Waals surface area contributed by atoms with Crippen molar-refractivity contribution in [2.24, 2.45) is 0 Å². The molecule has 1 N–H and O–H groups in total. The minimum atomic E-state index is -1.06. The van der Waals surface area contributed by atoms with Gasteiger partial charge in [0.2, 0.25) is 5.13 Å². The first-order valence-electron chi connectivity index (χ1n) is 7.06. The van der Waals surface area contributed by atoms with Gasteiger partial charge < -0.3 is 5.11 Å². The first-order valence-corrected chi connectivity index (χ1v) is 8.32. The summed E-state index contributed by atoms with van der Waals surface area (Å²) in [6.45, 7) is 0. The molecule has 0 bridgehead atoms. The quantitative estimate of drug-likeness (QED) is 0.587. The molecule has 0 radical (unpaired) electrons. The van der Waals surface area contributed by atoms with Crippen LogP contribution < -0.4 is 0 Å². The molecule has 0 spiro atoms. The fraction of sp³-hybridized carbons (Fsp3) is 0. The molecule has 0 unspecified atom stereocenters. The average molecular weight is 356 g/mol. The molecule has 0 amide bonds. The number of thiazole rings is 1. The van der Waals surface area contributed by atoms with Crippen molar-refractivity contribution in [2.75, 3.05) is 0 Å². The van der Waals surface area contributed by atoms with Gasteiger partial charge in [0.1, 0.15) is 5.69 Å². The molecule has 0 saturated heterocycles. The van der Waals surface area contributed by atoms with Crippen molar-refractivity contribution in [1.82, 2.24) is 14.8 Å². The summed E-state index contributed by atoms with van der Waals surface area (Å²) in [6.07, 6.45) is 0. The third-order valence-electron chi connectivity index (χ3n) is 3.58. The van der Waals surface area contributed by atoms with Crippen molar-refractivity contribution >= 4 is 39.8 Å². The number of carbonyl (C=O) groups is 1. The third kappa shape index (κ3) is 2.46. The second-order valence-corrected chi connectivity index (χ2v) is 6.38. The van der Waals surface area contributed by atoms with E-state index < -0.39 is 5.97 Å². The number of benzene rings is 2. The number of aromatic carboxylic acids is 1. The number of carboxylic acid groups (broad SMARTS) is 1. The lowest BCUT2D eigenvalue weighted by Crippen LogP contribution is -2.00. The van der Waals surface area contributed by atoms with E-state index in [1.807, 2.05) is 42.5 Å². The van der Waals surface area contributed by atoms with Gasteiger partial charge in [-0.25, -0.2) is 14.5 Å². The van der Waals surface area contributed by atoms with Crippen LogP contribution in [-0.4, -0.2) is 25.8 Å². The van der Waals surface area contributed by atoms with Gasteiger partial charge in [-0.2, -0.15) is 5.10 Å². The maximum absolute atomic E-state index is 11.1. The minimum Gasteiger partial charge on any atom is -0.476 e. The van der Waals surface area contributed by atoms with Crippen molar-refractivity contribution in [2.45, 2.75) is 0 Å². The molecule has 0 fully saturated rings. The number of nitrogens with zero attached hydrogens (tertiary/aromatic N) is 3. The van der Waals surface area contributed by atoms with Crippen LogP contribution in [-0.2, 0) is 0 Å². The molecule has 0 atom stereocenters. The maximum atomic E-state index is 11.1. The van der Waals surface area contributed by atoms with Crippen LogP contribution in [0.2, 0.25) is 5.02 Å². The van der Waals surface area contributed by atoms with Crippen LogP contribution in [0, 0.1) is 0 Å². The van der Waals surface area contributed by atoms with E-state index in [4.69, 9.17) is 16.7 Å². The summed E-state index contributed by atoms with van der Waals surface area (Å²) in [4.78, 5) is 15.2. The summed E-state index contributed by atoms with van der Waals surface area (Å²) in [7, 11) is 0. The largest absolute Gasteiger partial charge is 0.476 e. The Balaban J connectivity index is 1.98. The molecule has 118 valence electrons. The smallest absolute Gasteiger partial charge is 0.355 e. The standard InChI is InChI=1S/C17H10ClN3O2S/c18-11-6-7-12-14(8-11)21(17-19-13(9-24-17)16(22)23)20-15(12)10-4-2-1-3-5-10/h1-9H,(H,22,23). The van der Waals surface area contributed by atoms with Crippen LogP contribution in [0.15, 0.2) is 53.9 Å². The molecule has 0 aliphatic carbocycles. The Morgan fingerprint density at radius 1 is 1.17 bits per heavy atom. The van der Waals surface area contributed by atoms with E-state index in [1.54, 1.807) is 10.7 Å². The lowest BCUT2D eigenvalue weighted by atomic mass is 10.1. The summed E-state index contributed by atoms with van der Waals surface area (Å²) in [6, 6.07) is 15.3. The molecule has 24 heavy (non-hydrogen) atoms. The summed E-state index contributed by atoms with van der Waals surface area (Å²) in [5.41, 5.74) is 2.56.